The van der Waals surface area contributed by atoms with Crippen molar-refractivity contribution in [2.24, 2.45) is 0 Å². The van der Waals surface area contributed by atoms with E-state index in [-0.39, 0.29) is 29.4 Å². The molecule has 0 aliphatic carbocycles. The van der Waals surface area contributed by atoms with Crippen LogP contribution in [0.3, 0.4) is 0 Å². The first kappa shape index (κ1) is 14.0. The molecule has 0 radical (unpaired) electrons. The molecule has 98 valence electrons. The number of methoxy groups -OCH3 is 2. The van der Waals surface area contributed by atoms with E-state index in [9.17, 15) is 14.9 Å². The minimum atomic E-state index is -1.04. The molecule has 0 aliphatic heterocycles. The zero-order valence-electron chi connectivity index (χ0n) is 9.64. The molecule has 0 aromatic heterocycles. The lowest BCUT2D eigenvalue weighted by molar-refractivity contribution is -0.386. The summed E-state index contributed by atoms with van der Waals surface area (Å²) in [6.45, 7) is -0.320. The lowest BCUT2D eigenvalue weighted by atomic mass is 10.1. The first-order chi connectivity index (χ1) is 8.51. The highest BCUT2D eigenvalue weighted by Crippen LogP contribution is 2.39. The Morgan fingerprint density at radius 1 is 1.39 bits per heavy atom. The minimum Gasteiger partial charge on any atom is -0.493 e. The summed E-state index contributed by atoms with van der Waals surface area (Å²) in [7, 11) is 2.64. The predicted octanol–water partition coefficient (Wildman–Crippen LogP) is 2.49. The van der Waals surface area contributed by atoms with Crippen LogP contribution in [0.1, 0.15) is 5.56 Å². The third-order valence-corrected chi connectivity index (χ3v) is 2.24. The van der Waals surface area contributed by atoms with Gasteiger partial charge in [0.15, 0.2) is 5.75 Å². The highest BCUT2D eigenvalue weighted by Gasteiger charge is 2.25. The van der Waals surface area contributed by atoms with Crippen molar-refractivity contribution in [1.29, 1.82) is 0 Å². The Balaban J connectivity index is 3.25. The van der Waals surface area contributed by atoms with Gasteiger partial charge in [-0.2, -0.15) is 0 Å². The summed E-state index contributed by atoms with van der Waals surface area (Å²) in [5, 5.41) is 11.0. The molecule has 0 atom stereocenters. The van der Waals surface area contributed by atoms with Crippen molar-refractivity contribution in [3.05, 3.63) is 27.8 Å². The average Bonchev–Trinajstić information content (AvgIpc) is 2.34. The molecule has 1 aromatic rings. The fourth-order valence-corrected chi connectivity index (χ4v) is 1.46. The van der Waals surface area contributed by atoms with Crippen molar-refractivity contribution in [3.8, 4) is 11.5 Å². The van der Waals surface area contributed by atoms with Gasteiger partial charge in [0, 0.05) is 11.6 Å². The SMILES string of the molecule is COc1ccc(COC(=O)Cl)c([N+](=O)[O-])c1OC. The van der Waals surface area contributed by atoms with E-state index in [2.05, 4.69) is 4.74 Å². The first-order valence-electron chi connectivity index (χ1n) is 4.71. The summed E-state index contributed by atoms with van der Waals surface area (Å²) in [6.07, 6.45) is 0. The number of nitro groups is 1. The third kappa shape index (κ3) is 3.01. The van der Waals surface area contributed by atoms with Crippen LogP contribution in [0.15, 0.2) is 12.1 Å². The zero-order chi connectivity index (χ0) is 13.7. The highest BCUT2D eigenvalue weighted by atomic mass is 35.5. The molecule has 0 N–H and O–H groups in total. The van der Waals surface area contributed by atoms with Gasteiger partial charge in [0.2, 0.25) is 5.75 Å². The summed E-state index contributed by atoms with van der Waals surface area (Å²) >= 11 is 5.00. The Morgan fingerprint density at radius 2 is 2.06 bits per heavy atom. The Bertz CT molecular complexity index is 476. The van der Waals surface area contributed by atoms with Gasteiger partial charge in [-0.1, -0.05) is 0 Å². The number of hydrogen-bond donors (Lipinski definition) is 0. The molecule has 0 amide bonds. The number of nitro benzene ring substituents is 1. The molecule has 0 aliphatic rings. The number of halogens is 1. The van der Waals surface area contributed by atoms with E-state index in [1.807, 2.05) is 0 Å². The van der Waals surface area contributed by atoms with Crippen LogP contribution in [0.25, 0.3) is 0 Å². The number of nitrogens with zero attached hydrogens (tertiary/aromatic N) is 1. The number of carbonyl (C=O) groups excluding carboxylic acids is 1. The van der Waals surface area contributed by atoms with E-state index in [0.717, 1.165) is 0 Å². The molecule has 1 aromatic carbocycles. The fourth-order valence-electron chi connectivity index (χ4n) is 1.40. The fraction of sp³-hybridized carbons (Fsp3) is 0.300. The van der Waals surface area contributed by atoms with Crippen LogP contribution < -0.4 is 9.47 Å². The number of rotatable bonds is 5. The van der Waals surface area contributed by atoms with Gasteiger partial charge in [-0.15, -0.1) is 0 Å². The molecule has 0 saturated carbocycles. The standard InChI is InChI=1S/C10H10ClNO6/c1-16-7-4-3-6(5-18-10(11)13)8(12(14)15)9(7)17-2/h3-4H,5H2,1-2H3. The van der Waals surface area contributed by atoms with Crippen molar-refractivity contribution in [1.82, 2.24) is 0 Å². The summed E-state index contributed by atoms with van der Waals surface area (Å²) in [4.78, 5) is 20.9. The van der Waals surface area contributed by atoms with Gasteiger partial charge in [-0.25, -0.2) is 4.79 Å². The van der Waals surface area contributed by atoms with Crippen LogP contribution in [-0.4, -0.2) is 24.6 Å². The van der Waals surface area contributed by atoms with E-state index in [4.69, 9.17) is 21.1 Å². The van der Waals surface area contributed by atoms with Gasteiger partial charge in [0.25, 0.3) is 0 Å². The molecular formula is C10H10ClNO6. The minimum absolute atomic E-state index is 0.0365. The van der Waals surface area contributed by atoms with Gasteiger partial charge in [-0.05, 0) is 12.1 Å². The topological polar surface area (TPSA) is 87.9 Å². The Morgan fingerprint density at radius 3 is 2.50 bits per heavy atom. The molecular weight excluding hydrogens is 266 g/mol. The third-order valence-electron chi connectivity index (χ3n) is 2.13. The summed E-state index contributed by atoms with van der Waals surface area (Å²) in [5.41, 5.74) is -1.21. The van der Waals surface area contributed by atoms with E-state index < -0.39 is 10.4 Å². The number of carbonyl (C=O) groups is 1. The molecule has 8 heteroatoms. The van der Waals surface area contributed by atoms with E-state index in [0.29, 0.717) is 0 Å². The van der Waals surface area contributed by atoms with E-state index in [1.54, 1.807) is 0 Å². The van der Waals surface area contributed by atoms with Crippen molar-refractivity contribution < 1.29 is 23.9 Å². The van der Waals surface area contributed by atoms with Crippen molar-refractivity contribution >= 4 is 22.7 Å². The Kier molecular flexibility index (Phi) is 4.73. The largest absolute Gasteiger partial charge is 0.493 e. The van der Waals surface area contributed by atoms with Gasteiger partial charge >= 0.3 is 11.1 Å². The highest BCUT2D eigenvalue weighted by molar-refractivity contribution is 6.61. The van der Waals surface area contributed by atoms with Crippen LogP contribution in [-0.2, 0) is 11.3 Å². The Labute approximate surface area is 107 Å². The Hall–Kier alpha value is -2.02. The predicted molar refractivity (Wildman–Crippen MR) is 62.2 cm³/mol. The van der Waals surface area contributed by atoms with Crippen molar-refractivity contribution in [2.45, 2.75) is 6.61 Å². The van der Waals surface area contributed by atoms with Gasteiger partial charge in [0.1, 0.15) is 6.61 Å². The van der Waals surface area contributed by atoms with Gasteiger partial charge in [0.05, 0.1) is 24.7 Å². The van der Waals surface area contributed by atoms with Crippen molar-refractivity contribution in [2.75, 3.05) is 14.2 Å². The summed E-state index contributed by atoms with van der Waals surface area (Å²) < 4.78 is 14.4. The molecule has 0 unspecified atom stereocenters. The molecule has 0 heterocycles. The number of hydrogen-bond acceptors (Lipinski definition) is 6. The monoisotopic (exact) mass is 275 g/mol. The normalized spacial score (nSPS) is 9.72. The summed E-state index contributed by atoms with van der Waals surface area (Å²) in [6, 6.07) is 2.88. The molecule has 0 saturated heterocycles. The molecule has 7 nitrogen and oxygen atoms in total. The molecule has 0 spiro atoms. The lowest BCUT2D eigenvalue weighted by Crippen LogP contribution is -2.03. The second-order valence-electron chi connectivity index (χ2n) is 3.09. The maximum absolute atomic E-state index is 11.0. The zero-order valence-corrected chi connectivity index (χ0v) is 10.4. The second-order valence-corrected chi connectivity index (χ2v) is 3.40. The number of benzene rings is 1. The smallest absolute Gasteiger partial charge is 0.404 e. The lowest BCUT2D eigenvalue weighted by Gasteiger charge is -2.10. The van der Waals surface area contributed by atoms with E-state index >= 15 is 0 Å². The maximum atomic E-state index is 11.0. The quantitative estimate of drug-likeness (QED) is 0.466. The second kappa shape index (κ2) is 6.06. The maximum Gasteiger partial charge on any atom is 0.404 e. The van der Waals surface area contributed by atoms with Crippen LogP contribution >= 0.6 is 11.6 Å². The van der Waals surface area contributed by atoms with Crippen LogP contribution in [0.5, 0.6) is 11.5 Å². The van der Waals surface area contributed by atoms with Gasteiger partial charge in [-0.3, -0.25) is 10.1 Å². The van der Waals surface area contributed by atoms with Crippen LogP contribution in [0.2, 0.25) is 0 Å². The first-order valence-corrected chi connectivity index (χ1v) is 5.09. The molecule has 0 fully saturated rings. The molecule has 18 heavy (non-hydrogen) atoms. The molecule has 1 rings (SSSR count). The number of ether oxygens (including phenoxy) is 3. The average molecular weight is 276 g/mol. The van der Waals surface area contributed by atoms with E-state index in [1.165, 1.54) is 26.4 Å². The van der Waals surface area contributed by atoms with Crippen molar-refractivity contribution in [3.63, 3.8) is 0 Å². The van der Waals surface area contributed by atoms with Crippen LogP contribution in [0, 0.1) is 10.1 Å². The van der Waals surface area contributed by atoms with Gasteiger partial charge < -0.3 is 14.2 Å². The molecule has 0 bridgehead atoms. The van der Waals surface area contributed by atoms with Crippen LogP contribution in [0.4, 0.5) is 10.5 Å². The summed E-state index contributed by atoms with van der Waals surface area (Å²) in [5.74, 6) is 0.177.